The topological polar surface area (TPSA) is 27.6 Å². The van der Waals surface area contributed by atoms with Crippen molar-refractivity contribution in [2.24, 2.45) is 5.10 Å². The van der Waals surface area contributed by atoms with E-state index in [-0.39, 0.29) is 0 Å². The fourth-order valence-electron chi connectivity index (χ4n) is 0.264. The maximum atomic E-state index is 11.9. The van der Waals surface area contributed by atoms with Crippen molar-refractivity contribution in [2.45, 2.75) is 6.42 Å². The predicted octanol–water partition coefficient (Wildman–Crippen LogP) is 0.242. The van der Waals surface area contributed by atoms with Gasteiger partial charge in [0.05, 0.1) is 0 Å². The Morgan fingerprint density at radius 1 is 2.00 bits per heavy atom. The van der Waals surface area contributed by atoms with E-state index in [1.54, 1.807) is 0 Å². The Morgan fingerprint density at radius 3 is 2.86 bits per heavy atom. The Balaban J connectivity index is 2.45. The number of nitrogens with one attached hydrogen (secondary N) is 1. The average molecular weight is 124 g/mol. The van der Waals surface area contributed by atoms with Crippen molar-refractivity contribution < 1.29 is 4.39 Å². The minimum Gasteiger partial charge on any atom is -0.257 e. The molecule has 0 amide bonds. The first-order valence-corrected chi connectivity index (χ1v) is 2.01. The zero-order valence-electron chi connectivity index (χ0n) is 3.31. The maximum absolute atomic E-state index is 11.9. The van der Waals surface area contributed by atoms with Crippen LogP contribution in [-0.4, -0.2) is 17.2 Å². The Hall–Kier alpha value is -0.510. The normalized spacial score (nSPS) is 28.3. The maximum Gasteiger partial charge on any atom is 0.276 e. The van der Waals surface area contributed by atoms with Crippen LogP contribution in [0.25, 0.3) is 0 Å². The number of hydrazone groups is 1. The summed E-state index contributed by atoms with van der Waals surface area (Å²) in [7, 11) is 0. The lowest BCUT2D eigenvalue weighted by atomic mass is 11.0. The van der Waals surface area contributed by atoms with E-state index in [1.165, 1.54) is 0 Å². The number of nitrogens with zero attached hydrogens (tertiary/aromatic N) is 2. The molecule has 0 aromatic heterocycles. The zero-order chi connectivity index (χ0) is 5.28. The standard InChI is InChI=1S/C2H3ClFN3/c3-7-1-5-6-2(7)4/h1-2,6H. The van der Waals surface area contributed by atoms with Crippen LogP contribution in [0.5, 0.6) is 0 Å². The lowest BCUT2D eigenvalue weighted by Gasteiger charge is -2.03. The van der Waals surface area contributed by atoms with Crippen molar-refractivity contribution in [3.8, 4) is 0 Å². The monoisotopic (exact) mass is 123 g/mol. The Labute approximate surface area is 44.9 Å². The average Bonchev–Trinajstić information content (AvgIpc) is 1.91. The van der Waals surface area contributed by atoms with Gasteiger partial charge in [0, 0.05) is 11.8 Å². The van der Waals surface area contributed by atoms with Crippen LogP contribution in [0, 0.1) is 0 Å². The predicted molar refractivity (Wildman–Crippen MR) is 24.2 cm³/mol. The molecule has 1 aliphatic rings. The minimum absolute atomic E-state index is 0.806. The number of hydrogen-bond donors (Lipinski definition) is 1. The number of hydrogen-bond acceptors (Lipinski definition) is 3. The fourth-order valence-corrected chi connectivity index (χ4v) is 0.351. The van der Waals surface area contributed by atoms with Crippen molar-refractivity contribution in [3.05, 3.63) is 0 Å². The Morgan fingerprint density at radius 2 is 2.71 bits per heavy atom. The van der Waals surface area contributed by atoms with E-state index >= 15 is 0 Å². The molecule has 1 unspecified atom stereocenters. The largest absolute Gasteiger partial charge is 0.276 e. The SMILES string of the molecule is FC1NN=CN1Cl. The van der Waals surface area contributed by atoms with Crippen molar-refractivity contribution in [1.82, 2.24) is 9.84 Å². The smallest absolute Gasteiger partial charge is 0.257 e. The Bertz CT molecular complexity index is 94.9. The molecule has 0 fully saturated rings. The molecule has 0 aromatic rings. The highest BCUT2D eigenvalue weighted by molar-refractivity contribution is 6.19. The van der Waals surface area contributed by atoms with E-state index < -0.39 is 6.42 Å². The lowest BCUT2D eigenvalue weighted by molar-refractivity contribution is 0.210. The number of alkyl halides is 1. The van der Waals surface area contributed by atoms with Crippen molar-refractivity contribution in [2.75, 3.05) is 0 Å². The summed E-state index contributed by atoms with van der Waals surface area (Å²) in [5.41, 5.74) is 2.07. The molecule has 1 aliphatic heterocycles. The molecule has 3 nitrogen and oxygen atoms in total. The first kappa shape index (κ1) is 4.64. The van der Waals surface area contributed by atoms with Gasteiger partial charge in [0.1, 0.15) is 6.34 Å². The molecular formula is C2H3ClFN3. The zero-order valence-corrected chi connectivity index (χ0v) is 4.06. The van der Waals surface area contributed by atoms with Gasteiger partial charge in [-0.1, -0.05) is 0 Å². The van der Waals surface area contributed by atoms with Crippen LogP contribution in [0.15, 0.2) is 5.10 Å². The summed E-state index contributed by atoms with van der Waals surface area (Å²) in [6.07, 6.45) is -0.201. The summed E-state index contributed by atoms with van der Waals surface area (Å²) in [6.45, 7) is 0. The summed E-state index contributed by atoms with van der Waals surface area (Å²) < 4.78 is 12.7. The molecule has 0 saturated heterocycles. The van der Waals surface area contributed by atoms with Crippen LogP contribution in [0.3, 0.4) is 0 Å². The molecule has 7 heavy (non-hydrogen) atoms. The molecule has 1 N–H and O–H groups in total. The second-order valence-electron chi connectivity index (χ2n) is 1.05. The second-order valence-corrected chi connectivity index (χ2v) is 1.44. The quantitative estimate of drug-likeness (QED) is 0.369. The van der Waals surface area contributed by atoms with Gasteiger partial charge in [-0.3, -0.25) is 5.43 Å². The molecule has 0 radical (unpaired) electrons. The first-order chi connectivity index (χ1) is 3.30. The van der Waals surface area contributed by atoms with Crippen molar-refractivity contribution in [1.29, 1.82) is 0 Å². The van der Waals surface area contributed by atoms with Crippen LogP contribution >= 0.6 is 11.8 Å². The van der Waals surface area contributed by atoms with E-state index in [0.717, 1.165) is 10.8 Å². The first-order valence-electron chi connectivity index (χ1n) is 1.67. The third kappa shape index (κ3) is 0.742. The van der Waals surface area contributed by atoms with Gasteiger partial charge in [-0.2, -0.15) is 9.49 Å². The van der Waals surface area contributed by atoms with Crippen LogP contribution in [0.1, 0.15) is 0 Å². The molecule has 0 bridgehead atoms. The van der Waals surface area contributed by atoms with Gasteiger partial charge in [-0.25, -0.2) is 4.42 Å². The third-order valence-corrected chi connectivity index (χ3v) is 0.824. The molecular weight excluding hydrogens is 120 g/mol. The van der Waals surface area contributed by atoms with Crippen molar-refractivity contribution >= 4 is 18.1 Å². The van der Waals surface area contributed by atoms with E-state index in [0.29, 0.717) is 0 Å². The molecule has 0 saturated carbocycles. The number of rotatable bonds is 0. The molecule has 1 atom stereocenters. The van der Waals surface area contributed by atoms with Crippen LogP contribution in [0.2, 0.25) is 0 Å². The van der Waals surface area contributed by atoms with Crippen LogP contribution in [-0.2, 0) is 0 Å². The molecule has 0 aliphatic carbocycles. The van der Waals surface area contributed by atoms with Crippen LogP contribution in [0.4, 0.5) is 4.39 Å². The highest BCUT2D eigenvalue weighted by Crippen LogP contribution is 2.02. The van der Waals surface area contributed by atoms with Gasteiger partial charge in [-0.05, 0) is 0 Å². The molecule has 40 valence electrons. The molecule has 1 rings (SSSR count). The summed E-state index contributed by atoms with van der Waals surface area (Å²) >= 11 is 5.11. The van der Waals surface area contributed by atoms with Gasteiger partial charge >= 0.3 is 0 Å². The van der Waals surface area contributed by atoms with Crippen molar-refractivity contribution in [3.63, 3.8) is 0 Å². The summed E-state index contributed by atoms with van der Waals surface area (Å²) in [4.78, 5) is 0. The van der Waals surface area contributed by atoms with Gasteiger partial charge in [-0.15, -0.1) is 0 Å². The summed E-state index contributed by atoms with van der Waals surface area (Å²) in [5, 5.41) is 3.29. The van der Waals surface area contributed by atoms with E-state index in [1.807, 2.05) is 0 Å². The molecule has 1 heterocycles. The van der Waals surface area contributed by atoms with E-state index in [9.17, 15) is 4.39 Å². The highest BCUT2D eigenvalue weighted by Gasteiger charge is 2.14. The van der Waals surface area contributed by atoms with E-state index in [2.05, 4.69) is 10.5 Å². The van der Waals surface area contributed by atoms with Gasteiger partial charge in [0.2, 0.25) is 0 Å². The number of halogens is 2. The van der Waals surface area contributed by atoms with E-state index in [4.69, 9.17) is 11.8 Å². The molecule has 5 heteroatoms. The van der Waals surface area contributed by atoms with Crippen LogP contribution < -0.4 is 5.43 Å². The summed E-state index contributed by atoms with van der Waals surface area (Å²) in [5.74, 6) is 0. The third-order valence-electron chi connectivity index (χ3n) is 0.566. The van der Waals surface area contributed by atoms with Gasteiger partial charge in [0.25, 0.3) is 6.42 Å². The fraction of sp³-hybridized carbons (Fsp3) is 0.500. The second kappa shape index (κ2) is 1.54. The highest BCUT2D eigenvalue weighted by atomic mass is 35.5. The minimum atomic E-state index is -1.36. The van der Waals surface area contributed by atoms with Gasteiger partial charge in [0.15, 0.2) is 0 Å². The Kier molecular flexibility index (Phi) is 1.02. The van der Waals surface area contributed by atoms with Gasteiger partial charge < -0.3 is 0 Å². The summed E-state index contributed by atoms with van der Waals surface area (Å²) in [6, 6.07) is 0. The molecule has 0 spiro atoms. The molecule has 0 aromatic carbocycles. The lowest BCUT2D eigenvalue weighted by Crippen LogP contribution is -2.24.